The number of benzene rings is 1. The summed E-state index contributed by atoms with van der Waals surface area (Å²) >= 11 is 0. The first-order chi connectivity index (χ1) is 9.03. The summed E-state index contributed by atoms with van der Waals surface area (Å²) in [6.07, 6.45) is 7.55. The number of hydrogen-bond acceptors (Lipinski definition) is 2. The zero-order chi connectivity index (χ0) is 13.5. The van der Waals surface area contributed by atoms with Gasteiger partial charge in [0.25, 0.3) is 0 Å². The van der Waals surface area contributed by atoms with E-state index in [0.29, 0.717) is 23.2 Å². The predicted octanol–water partition coefficient (Wildman–Crippen LogP) is 3.94. The van der Waals surface area contributed by atoms with Crippen molar-refractivity contribution in [2.24, 2.45) is 5.41 Å². The van der Waals surface area contributed by atoms with Gasteiger partial charge >= 0.3 is 0 Å². The summed E-state index contributed by atoms with van der Waals surface area (Å²) in [5.74, 6) is 0.402. The van der Waals surface area contributed by atoms with Gasteiger partial charge in [-0.25, -0.2) is 0 Å². The Kier molecular flexibility index (Phi) is 3.30. The fraction of sp³-hybridized carbons (Fsp3) is 0.647. The monoisotopic (exact) mass is 259 g/mol. The number of fused-ring (bicyclic) bond motifs is 1. The third-order valence-electron chi connectivity index (χ3n) is 4.98. The molecule has 1 saturated carbocycles. The number of aryl methyl sites for hydroxylation is 1. The minimum atomic E-state index is 0.402. The van der Waals surface area contributed by atoms with Crippen molar-refractivity contribution in [3.05, 3.63) is 29.3 Å². The normalized spacial score (nSPS) is 26.3. The zero-order valence-corrected chi connectivity index (χ0v) is 12.1. The first kappa shape index (κ1) is 13.0. The van der Waals surface area contributed by atoms with Gasteiger partial charge in [0.15, 0.2) is 0 Å². The molecule has 1 atom stereocenters. The highest BCUT2D eigenvalue weighted by atomic mass is 16.3. The van der Waals surface area contributed by atoms with Crippen molar-refractivity contribution in [3.63, 3.8) is 0 Å². The molecule has 0 aromatic heterocycles. The molecular weight excluding hydrogens is 234 g/mol. The minimum Gasteiger partial charge on any atom is -0.508 e. The largest absolute Gasteiger partial charge is 0.508 e. The Hall–Kier alpha value is -1.02. The fourth-order valence-corrected chi connectivity index (χ4v) is 3.63. The average molecular weight is 259 g/mol. The van der Waals surface area contributed by atoms with Crippen LogP contribution >= 0.6 is 0 Å². The van der Waals surface area contributed by atoms with Gasteiger partial charge in [0.2, 0.25) is 0 Å². The van der Waals surface area contributed by atoms with E-state index in [1.807, 2.05) is 12.1 Å². The lowest BCUT2D eigenvalue weighted by Crippen LogP contribution is -2.37. The highest BCUT2D eigenvalue weighted by Gasteiger charge is 2.30. The van der Waals surface area contributed by atoms with Gasteiger partial charge in [-0.3, -0.25) is 0 Å². The van der Waals surface area contributed by atoms with Gasteiger partial charge in [-0.05, 0) is 67.2 Å². The van der Waals surface area contributed by atoms with Crippen molar-refractivity contribution >= 4 is 0 Å². The molecule has 3 rings (SSSR count). The van der Waals surface area contributed by atoms with Gasteiger partial charge in [-0.2, -0.15) is 0 Å². The summed E-state index contributed by atoms with van der Waals surface area (Å²) in [6, 6.07) is 7.03. The van der Waals surface area contributed by atoms with Crippen LogP contribution in [0.15, 0.2) is 18.2 Å². The molecule has 2 nitrogen and oxygen atoms in total. The number of phenols is 1. The Balaban J connectivity index is 1.64. The number of rotatable bonds is 2. The van der Waals surface area contributed by atoms with Gasteiger partial charge in [-0.15, -0.1) is 0 Å². The number of nitrogens with one attached hydrogen (secondary N) is 1. The van der Waals surface area contributed by atoms with E-state index in [-0.39, 0.29) is 0 Å². The summed E-state index contributed by atoms with van der Waals surface area (Å²) in [5, 5.41) is 13.4. The lowest BCUT2D eigenvalue weighted by Gasteiger charge is -2.36. The van der Waals surface area contributed by atoms with Crippen LogP contribution in [0.5, 0.6) is 5.75 Å². The summed E-state index contributed by atoms with van der Waals surface area (Å²) in [5.41, 5.74) is 3.27. The minimum absolute atomic E-state index is 0.402. The number of hydrogen-bond donors (Lipinski definition) is 2. The van der Waals surface area contributed by atoms with E-state index in [9.17, 15) is 5.11 Å². The van der Waals surface area contributed by atoms with E-state index >= 15 is 0 Å². The quantitative estimate of drug-likeness (QED) is 0.843. The van der Waals surface area contributed by atoms with E-state index in [1.54, 1.807) is 0 Å². The number of aromatic hydroxyl groups is 1. The molecule has 0 amide bonds. The molecule has 2 aliphatic carbocycles. The molecule has 104 valence electrons. The second-order valence-corrected chi connectivity index (χ2v) is 7.08. The topological polar surface area (TPSA) is 32.3 Å². The molecule has 1 aromatic carbocycles. The van der Waals surface area contributed by atoms with Crippen molar-refractivity contribution in [2.45, 2.75) is 64.5 Å². The van der Waals surface area contributed by atoms with Gasteiger partial charge in [-0.1, -0.05) is 19.9 Å². The van der Waals surface area contributed by atoms with Gasteiger partial charge in [0.05, 0.1) is 0 Å². The Bertz CT molecular complexity index is 456. The van der Waals surface area contributed by atoms with Gasteiger partial charge in [0, 0.05) is 12.1 Å². The number of phenolic OH excluding ortho intramolecular Hbond substituents is 1. The molecule has 1 fully saturated rings. The van der Waals surface area contributed by atoms with E-state index in [4.69, 9.17) is 0 Å². The fourth-order valence-electron chi connectivity index (χ4n) is 3.63. The van der Waals surface area contributed by atoms with Crippen LogP contribution in [-0.4, -0.2) is 11.1 Å². The molecule has 19 heavy (non-hydrogen) atoms. The summed E-state index contributed by atoms with van der Waals surface area (Å²) in [6.45, 7) is 4.77. The molecular formula is C17H25NO. The van der Waals surface area contributed by atoms with Gasteiger partial charge in [0.1, 0.15) is 5.75 Å². The first-order valence-electron chi connectivity index (χ1n) is 7.61. The standard InChI is InChI=1S/C17H25NO/c1-17(2)9-7-13(8-10-17)18-16-6-3-12-11-14(19)4-5-15(12)16/h4-5,11,13,16,18-19H,3,6-10H2,1-2H3. The van der Waals surface area contributed by atoms with Crippen LogP contribution in [0, 0.1) is 5.41 Å². The van der Waals surface area contributed by atoms with Crippen molar-refractivity contribution in [3.8, 4) is 5.75 Å². The predicted molar refractivity (Wildman–Crippen MR) is 78.3 cm³/mol. The molecule has 2 heteroatoms. The smallest absolute Gasteiger partial charge is 0.115 e. The summed E-state index contributed by atoms with van der Waals surface area (Å²) < 4.78 is 0. The summed E-state index contributed by atoms with van der Waals surface area (Å²) in [4.78, 5) is 0. The molecule has 2 N–H and O–H groups in total. The van der Waals surface area contributed by atoms with Crippen LogP contribution < -0.4 is 5.32 Å². The molecule has 2 aliphatic rings. The molecule has 0 spiro atoms. The lowest BCUT2D eigenvalue weighted by atomic mass is 9.75. The maximum Gasteiger partial charge on any atom is 0.115 e. The molecule has 0 aliphatic heterocycles. The van der Waals surface area contributed by atoms with Crippen molar-refractivity contribution in [2.75, 3.05) is 0 Å². The highest BCUT2D eigenvalue weighted by Crippen LogP contribution is 2.38. The molecule has 0 heterocycles. The highest BCUT2D eigenvalue weighted by molar-refractivity contribution is 5.40. The maximum atomic E-state index is 9.54. The Labute approximate surface area is 116 Å². The van der Waals surface area contributed by atoms with Crippen LogP contribution in [0.25, 0.3) is 0 Å². The molecule has 0 radical (unpaired) electrons. The van der Waals surface area contributed by atoms with Crippen LogP contribution in [0.2, 0.25) is 0 Å². The van der Waals surface area contributed by atoms with Crippen LogP contribution in [0.1, 0.15) is 63.1 Å². The second kappa shape index (κ2) is 4.82. The molecule has 1 unspecified atom stereocenters. The molecule has 1 aromatic rings. The summed E-state index contributed by atoms with van der Waals surface area (Å²) in [7, 11) is 0. The zero-order valence-electron chi connectivity index (χ0n) is 12.1. The maximum absolute atomic E-state index is 9.54. The first-order valence-corrected chi connectivity index (χ1v) is 7.61. The van der Waals surface area contributed by atoms with E-state index in [0.717, 1.165) is 6.42 Å². The lowest BCUT2D eigenvalue weighted by molar-refractivity contribution is 0.198. The van der Waals surface area contributed by atoms with Crippen molar-refractivity contribution in [1.82, 2.24) is 5.32 Å². The third-order valence-corrected chi connectivity index (χ3v) is 4.98. The second-order valence-electron chi connectivity index (χ2n) is 7.08. The average Bonchev–Trinajstić information content (AvgIpc) is 2.74. The van der Waals surface area contributed by atoms with Gasteiger partial charge < -0.3 is 10.4 Å². The molecule has 0 saturated heterocycles. The van der Waals surface area contributed by atoms with Crippen molar-refractivity contribution in [1.29, 1.82) is 0 Å². The Morgan fingerprint density at radius 2 is 1.89 bits per heavy atom. The SMILES string of the molecule is CC1(C)CCC(NC2CCc3cc(O)ccc32)CC1. The molecule has 0 bridgehead atoms. The van der Waals surface area contributed by atoms with Crippen molar-refractivity contribution < 1.29 is 5.11 Å². The van der Waals surface area contributed by atoms with Crippen LogP contribution in [-0.2, 0) is 6.42 Å². The van der Waals surface area contributed by atoms with E-state index in [1.165, 1.54) is 43.2 Å². The Morgan fingerprint density at radius 3 is 2.63 bits per heavy atom. The Morgan fingerprint density at radius 1 is 1.16 bits per heavy atom. The van der Waals surface area contributed by atoms with Crippen LogP contribution in [0.3, 0.4) is 0 Å². The van der Waals surface area contributed by atoms with E-state index < -0.39 is 0 Å². The van der Waals surface area contributed by atoms with E-state index in [2.05, 4.69) is 25.2 Å². The van der Waals surface area contributed by atoms with Crippen LogP contribution in [0.4, 0.5) is 0 Å². The third kappa shape index (κ3) is 2.79.